The van der Waals surface area contributed by atoms with E-state index in [4.69, 9.17) is 4.74 Å². The van der Waals surface area contributed by atoms with Gasteiger partial charge in [0.25, 0.3) is 6.43 Å². The maximum absolute atomic E-state index is 12.9. The Labute approximate surface area is 101 Å². The minimum Gasteiger partial charge on any atom is -0.497 e. The van der Waals surface area contributed by atoms with Gasteiger partial charge in [-0.15, -0.1) is 0 Å². The molecule has 0 aliphatic heterocycles. The molecule has 94 valence electrons. The molecule has 0 aliphatic rings. The van der Waals surface area contributed by atoms with Crippen LogP contribution >= 0.6 is 0 Å². The highest BCUT2D eigenvalue weighted by atomic mass is 28.3. The summed E-state index contributed by atoms with van der Waals surface area (Å²) < 4.78 is 30.8. The van der Waals surface area contributed by atoms with Crippen LogP contribution in [0.1, 0.15) is 0 Å². The molecule has 0 atom stereocenters. The largest absolute Gasteiger partial charge is 0.497 e. The Hall–Kier alpha value is -1.23. The number of rotatable bonds is 4. The number of alkyl halides is 2. The van der Waals surface area contributed by atoms with E-state index in [9.17, 15) is 8.78 Å². The number of hydrogen-bond acceptors (Lipinski definition) is 2. The van der Waals surface area contributed by atoms with Crippen LogP contribution in [-0.2, 0) is 0 Å². The molecule has 0 unspecified atom stereocenters. The highest BCUT2D eigenvalue weighted by Crippen LogP contribution is 2.21. The van der Waals surface area contributed by atoms with Crippen molar-refractivity contribution >= 4 is 19.1 Å². The monoisotopic (exact) mass is 257 g/mol. The topological polar surface area (TPSA) is 21.6 Å². The van der Waals surface area contributed by atoms with Gasteiger partial charge in [0, 0.05) is 0 Å². The average Bonchev–Trinajstić information content (AvgIpc) is 2.24. The van der Waals surface area contributed by atoms with Crippen molar-refractivity contribution in [2.45, 2.75) is 26.1 Å². The highest BCUT2D eigenvalue weighted by molar-refractivity contribution is 7.05. The maximum atomic E-state index is 12.9. The first-order valence-electron chi connectivity index (χ1n) is 5.36. The van der Waals surface area contributed by atoms with Gasteiger partial charge in [0.1, 0.15) is 13.8 Å². The van der Waals surface area contributed by atoms with E-state index in [2.05, 4.69) is 4.99 Å². The van der Waals surface area contributed by atoms with Crippen molar-refractivity contribution in [3.8, 4) is 5.75 Å². The first kappa shape index (κ1) is 13.8. The van der Waals surface area contributed by atoms with Gasteiger partial charge in [0.15, 0.2) is 0 Å². The molecule has 5 heteroatoms. The summed E-state index contributed by atoms with van der Waals surface area (Å²) in [6.45, 7) is 5.59. The van der Waals surface area contributed by atoms with Crippen molar-refractivity contribution in [2.24, 2.45) is 4.99 Å². The smallest absolute Gasteiger partial charge is 0.272 e. The van der Waals surface area contributed by atoms with E-state index in [-0.39, 0.29) is 5.33 Å². The van der Waals surface area contributed by atoms with Crippen molar-refractivity contribution in [3.05, 3.63) is 24.3 Å². The Morgan fingerprint density at radius 1 is 1.18 bits per heavy atom. The Kier molecular flexibility index (Phi) is 4.39. The van der Waals surface area contributed by atoms with E-state index in [1.54, 1.807) is 31.4 Å². The normalized spacial score (nSPS) is 13.0. The number of aliphatic imine (C=N–C) groups is 1. The fourth-order valence-electron chi connectivity index (χ4n) is 1.34. The van der Waals surface area contributed by atoms with Gasteiger partial charge >= 0.3 is 0 Å². The molecule has 0 aromatic heterocycles. The van der Waals surface area contributed by atoms with Gasteiger partial charge in [-0.2, -0.15) is 0 Å². The van der Waals surface area contributed by atoms with E-state index in [0.717, 1.165) is 0 Å². The summed E-state index contributed by atoms with van der Waals surface area (Å²) >= 11 is 0. The lowest BCUT2D eigenvalue weighted by Gasteiger charge is -2.18. The fourth-order valence-corrected chi connectivity index (χ4v) is 2.46. The van der Waals surface area contributed by atoms with E-state index < -0.39 is 14.5 Å². The lowest BCUT2D eigenvalue weighted by molar-refractivity contribution is 0.228. The van der Waals surface area contributed by atoms with Gasteiger partial charge in [-0.1, -0.05) is 19.6 Å². The number of ether oxygens (including phenoxy) is 1. The number of benzene rings is 1. The second-order valence-electron chi connectivity index (χ2n) is 4.75. The fraction of sp³-hybridized carbons (Fsp3) is 0.417. The standard InChI is InChI=1S/C12H17F2NOSi/c1-16-10-7-5-9(6-8-10)15-12(11(13)14)17(2,3)4/h5-8,11H,1-4H3. The molecule has 2 nitrogen and oxygen atoms in total. The lowest BCUT2D eigenvalue weighted by Crippen LogP contribution is -2.38. The van der Waals surface area contributed by atoms with Gasteiger partial charge in [-0.25, -0.2) is 8.78 Å². The molecule has 1 rings (SSSR count). The van der Waals surface area contributed by atoms with Crippen LogP contribution < -0.4 is 4.74 Å². The molecule has 0 aliphatic carbocycles. The number of halogens is 2. The minimum absolute atomic E-state index is 0.0302. The van der Waals surface area contributed by atoms with E-state index in [1.165, 1.54) is 0 Å². The van der Waals surface area contributed by atoms with Crippen LogP contribution in [0.15, 0.2) is 29.3 Å². The van der Waals surface area contributed by atoms with E-state index in [1.807, 2.05) is 19.6 Å². The van der Waals surface area contributed by atoms with Crippen LogP contribution in [0.5, 0.6) is 5.75 Å². The Balaban J connectivity index is 3.05. The molecular formula is C12H17F2NOSi. The van der Waals surface area contributed by atoms with Crippen molar-refractivity contribution in [3.63, 3.8) is 0 Å². The third-order valence-electron chi connectivity index (χ3n) is 2.30. The molecule has 0 heterocycles. The molecule has 0 saturated carbocycles. The average molecular weight is 257 g/mol. The van der Waals surface area contributed by atoms with Gasteiger partial charge in [0.05, 0.1) is 18.1 Å². The Morgan fingerprint density at radius 3 is 2.06 bits per heavy atom. The van der Waals surface area contributed by atoms with Crippen molar-refractivity contribution in [1.29, 1.82) is 0 Å². The number of methoxy groups -OCH3 is 1. The summed E-state index contributed by atoms with van der Waals surface area (Å²) in [5.41, 5.74) is 0.545. The van der Waals surface area contributed by atoms with E-state index in [0.29, 0.717) is 11.4 Å². The molecule has 1 aromatic carbocycles. The summed E-state index contributed by atoms with van der Waals surface area (Å²) in [6, 6.07) is 6.79. The molecule has 0 radical (unpaired) electrons. The van der Waals surface area contributed by atoms with Crippen LogP contribution in [0.3, 0.4) is 0 Å². The molecule has 0 bridgehead atoms. The zero-order valence-corrected chi connectivity index (χ0v) is 11.5. The first-order chi connectivity index (χ1) is 7.84. The van der Waals surface area contributed by atoms with Crippen molar-refractivity contribution in [1.82, 2.24) is 0 Å². The van der Waals surface area contributed by atoms with Gasteiger partial charge in [-0.3, -0.25) is 4.99 Å². The SMILES string of the molecule is COc1ccc(N=C(C(F)F)[Si](C)(C)C)cc1. The number of hydrogen-bond donors (Lipinski definition) is 0. The lowest BCUT2D eigenvalue weighted by atomic mass is 10.3. The van der Waals surface area contributed by atoms with Crippen LogP contribution in [0.4, 0.5) is 14.5 Å². The summed E-state index contributed by atoms with van der Waals surface area (Å²) in [6.07, 6.45) is -2.48. The Bertz CT molecular complexity index is 396. The third-order valence-corrected chi connectivity index (χ3v) is 4.16. The maximum Gasteiger partial charge on any atom is 0.272 e. The predicted molar refractivity (Wildman–Crippen MR) is 69.4 cm³/mol. The number of nitrogens with zero attached hydrogens (tertiary/aromatic N) is 1. The molecule has 1 aromatic rings. The van der Waals surface area contributed by atoms with Crippen LogP contribution in [0.2, 0.25) is 19.6 Å². The van der Waals surface area contributed by atoms with Gasteiger partial charge in [-0.05, 0) is 24.3 Å². The molecule has 0 amide bonds. The summed E-state index contributed by atoms with van der Waals surface area (Å²) in [5, 5.41) is 0.0302. The molecular weight excluding hydrogens is 240 g/mol. The van der Waals surface area contributed by atoms with Gasteiger partial charge in [0.2, 0.25) is 0 Å². The molecule has 0 spiro atoms. The second kappa shape index (κ2) is 5.40. The zero-order chi connectivity index (χ0) is 13.1. The van der Waals surface area contributed by atoms with Crippen LogP contribution in [0.25, 0.3) is 0 Å². The molecule has 17 heavy (non-hydrogen) atoms. The summed E-state index contributed by atoms with van der Waals surface area (Å²) in [5.74, 6) is 0.690. The third kappa shape index (κ3) is 3.92. The summed E-state index contributed by atoms with van der Waals surface area (Å²) in [4.78, 5) is 4.08. The predicted octanol–water partition coefficient (Wildman–Crippen LogP) is 3.91. The van der Waals surface area contributed by atoms with Crippen molar-refractivity contribution < 1.29 is 13.5 Å². The van der Waals surface area contributed by atoms with Gasteiger partial charge < -0.3 is 4.74 Å². The zero-order valence-electron chi connectivity index (χ0n) is 10.5. The molecule has 0 saturated heterocycles. The van der Waals surface area contributed by atoms with Crippen molar-refractivity contribution in [2.75, 3.05) is 7.11 Å². The van der Waals surface area contributed by atoms with Crippen LogP contribution in [-0.4, -0.2) is 26.9 Å². The van der Waals surface area contributed by atoms with Crippen LogP contribution in [0, 0.1) is 0 Å². The summed E-state index contributed by atoms with van der Waals surface area (Å²) in [7, 11) is -0.525. The Morgan fingerprint density at radius 2 is 1.71 bits per heavy atom. The first-order valence-corrected chi connectivity index (χ1v) is 8.86. The minimum atomic E-state index is -2.48. The highest BCUT2D eigenvalue weighted by Gasteiger charge is 2.29. The van der Waals surface area contributed by atoms with E-state index >= 15 is 0 Å². The molecule has 0 fully saturated rings. The quantitative estimate of drug-likeness (QED) is 0.592. The second-order valence-corrected chi connectivity index (χ2v) is 9.76. The molecule has 0 N–H and O–H groups in total.